The number of aliphatic hydroxyl groups is 1. The van der Waals surface area contributed by atoms with Crippen molar-refractivity contribution < 1.29 is 33.2 Å². The molecule has 4 rings (SSSR count). The Morgan fingerprint density at radius 1 is 0.968 bits per heavy atom. The van der Waals surface area contributed by atoms with Gasteiger partial charge in [-0.2, -0.15) is 13.2 Å². The minimum atomic E-state index is -4.39. The Hall–Kier alpha value is -2.68. The van der Waals surface area contributed by atoms with Gasteiger partial charge in [0.15, 0.2) is 5.75 Å². The fourth-order valence-corrected chi connectivity index (χ4v) is 4.50. The summed E-state index contributed by atoms with van der Waals surface area (Å²) in [6.07, 6.45) is -2.78. The molecule has 8 heteroatoms. The minimum absolute atomic E-state index is 0.0700. The van der Waals surface area contributed by atoms with Gasteiger partial charge in [0.1, 0.15) is 44.3 Å². The van der Waals surface area contributed by atoms with Crippen molar-refractivity contribution in [3.8, 4) is 5.75 Å². The Labute approximate surface area is 178 Å². The summed E-state index contributed by atoms with van der Waals surface area (Å²) in [5.41, 5.74) is 1.18. The van der Waals surface area contributed by atoms with Crippen LogP contribution in [0.1, 0.15) is 22.7 Å². The maximum absolute atomic E-state index is 13.1. The van der Waals surface area contributed by atoms with Crippen LogP contribution in [-0.2, 0) is 6.18 Å². The first-order valence-electron chi connectivity index (χ1n) is 10.4. The van der Waals surface area contributed by atoms with Crippen molar-refractivity contribution in [2.45, 2.75) is 12.2 Å². The molecule has 0 unspecified atom stereocenters. The second-order valence-electron chi connectivity index (χ2n) is 8.01. The van der Waals surface area contributed by atoms with Crippen molar-refractivity contribution in [3.63, 3.8) is 0 Å². The van der Waals surface area contributed by atoms with Crippen molar-refractivity contribution in [2.75, 3.05) is 39.3 Å². The highest BCUT2D eigenvalue weighted by atomic mass is 19.4. The lowest BCUT2D eigenvalue weighted by molar-refractivity contribution is -1.02. The first-order valence-corrected chi connectivity index (χ1v) is 10.4. The van der Waals surface area contributed by atoms with Gasteiger partial charge in [0, 0.05) is 17.1 Å². The van der Waals surface area contributed by atoms with Crippen LogP contribution in [0.15, 0.2) is 54.7 Å². The van der Waals surface area contributed by atoms with E-state index in [0.29, 0.717) is 17.6 Å². The molecule has 1 aromatic heterocycles. The number of aromatic hydroxyl groups is 1. The van der Waals surface area contributed by atoms with Crippen molar-refractivity contribution in [1.29, 1.82) is 0 Å². The Bertz CT molecular complexity index is 1030. The van der Waals surface area contributed by atoms with Crippen LogP contribution >= 0.6 is 0 Å². The highest BCUT2D eigenvalue weighted by Crippen LogP contribution is 2.35. The molecule has 1 atom stereocenters. The lowest BCUT2D eigenvalue weighted by atomic mass is 9.93. The van der Waals surface area contributed by atoms with Crippen LogP contribution in [0.4, 0.5) is 13.2 Å². The highest BCUT2D eigenvalue weighted by molar-refractivity contribution is 5.85. The number of quaternary nitrogens is 2. The zero-order valence-corrected chi connectivity index (χ0v) is 17.0. The summed E-state index contributed by atoms with van der Waals surface area (Å²) >= 11 is 0. The number of nitrogens with zero attached hydrogens (tertiary/aromatic N) is 1. The third-order valence-corrected chi connectivity index (χ3v) is 6.13. The molecule has 0 aliphatic carbocycles. The lowest BCUT2D eigenvalue weighted by Crippen LogP contribution is -3.28. The van der Waals surface area contributed by atoms with E-state index in [2.05, 4.69) is 4.98 Å². The number of halogens is 3. The average molecular weight is 433 g/mol. The van der Waals surface area contributed by atoms with Crippen molar-refractivity contribution in [1.82, 2.24) is 4.98 Å². The highest BCUT2D eigenvalue weighted by Gasteiger charge is 2.35. The largest absolute Gasteiger partial charge is 0.505 e. The van der Waals surface area contributed by atoms with E-state index in [-0.39, 0.29) is 18.4 Å². The van der Waals surface area contributed by atoms with E-state index in [0.717, 1.165) is 49.3 Å². The number of benzene rings is 2. The normalized spacial score (nSPS) is 20.6. The molecule has 1 aliphatic heterocycles. The Morgan fingerprint density at radius 2 is 1.68 bits per heavy atom. The summed E-state index contributed by atoms with van der Waals surface area (Å²) in [6, 6.07) is 12.3. The van der Waals surface area contributed by atoms with Crippen molar-refractivity contribution >= 4 is 10.9 Å². The molecule has 2 aromatic carbocycles. The molecule has 4 N–H and O–H groups in total. The molecule has 0 saturated carbocycles. The Morgan fingerprint density at radius 3 is 2.32 bits per heavy atom. The third kappa shape index (κ3) is 4.51. The van der Waals surface area contributed by atoms with Gasteiger partial charge >= 0.3 is 6.18 Å². The van der Waals surface area contributed by atoms with E-state index < -0.39 is 11.7 Å². The molecule has 5 nitrogen and oxygen atoms in total. The van der Waals surface area contributed by atoms with E-state index in [1.165, 1.54) is 21.9 Å². The molecule has 0 amide bonds. The lowest BCUT2D eigenvalue weighted by Gasteiger charge is -2.35. The molecular formula is C23H26F3N3O2+2. The number of nitrogens with one attached hydrogen (secondary N) is 2. The average Bonchev–Trinajstić information content (AvgIpc) is 2.77. The molecule has 0 radical (unpaired) electrons. The topological polar surface area (TPSA) is 62.2 Å². The number of rotatable bonds is 5. The zero-order valence-electron chi connectivity index (χ0n) is 17.0. The summed E-state index contributed by atoms with van der Waals surface area (Å²) in [5, 5.41) is 21.1. The summed E-state index contributed by atoms with van der Waals surface area (Å²) in [5.74, 6) is 0.0700. The number of alkyl halides is 3. The summed E-state index contributed by atoms with van der Waals surface area (Å²) in [4.78, 5) is 6.79. The number of piperazine rings is 1. The number of hydrogen-bond acceptors (Lipinski definition) is 3. The van der Waals surface area contributed by atoms with E-state index in [1.807, 2.05) is 18.2 Å². The summed E-state index contributed by atoms with van der Waals surface area (Å²) in [6.45, 7) is 4.06. The quantitative estimate of drug-likeness (QED) is 0.482. The SMILES string of the molecule is OCC[NH+]1CC[NH+]([C@H](c2ccc(C(F)(F)F)cc2)c2ccc3cccnc3c2O)CC1. The molecule has 1 aliphatic rings. The number of phenolic OH excluding ortho intramolecular Hbond substituents is 1. The fraction of sp³-hybridized carbons (Fsp3) is 0.348. The maximum atomic E-state index is 13.1. The molecule has 31 heavy (non-hydrogen) atoms. The first-order chi connectivity index (χ1) is 14.9. The maximum Gasteiger partial charge on any atom is 0.416 e. The number of aliphatic hydroxyl groups excluding tert-OH is 1. The number of aromatic nitrogens is 1. The van der Waals surface area contributed by atoms with Crippen LogP contribution in [0.25, 0.3) is 10.9 Å². The van der Waals surface area contributed by atoms with E-state index in [4.69, 9.17) is 0 Å². The number of pyridine rings is 1. The second-order valence-corrected chi connectivity index (χ2v) is 8.01. The third-order valence-electron chi connectivity index (χ3n) is 6.13. The van der Waals surface area contributed by atoms with Gasteiger partial charge in [-0.25, -0.2) is 0 Å². The summed E-state index contributed by atoms with van der Waals surface area (Å²) in [7, 11) is 0. The smallest absolute Gasteiger partial charge is 0.416 e. The van der Waals surface area contributed by atoms with E-state index in [9.17, 15) is 23.4 Å². The van der Waals surface area contributed by atoms with Crippen LogP contribution in [0, 0.1) is 0 Å². The fourth-order valence-electron chi connectivity index (χ4n) is 4.50. The molecule has 1 saturated heterocycles. The molecular weight excluding hydrogens is 407 g/mol. The van der Waals surface area contributed by atoms with E-state index >= 15 is 0 Å². The zero-order chi connectivity index (χ0) is 22.0. The van der Waals surface area contributed by atoms with E-state index in [1.54, 1.807) is 12.3 Å². The molecule has 3 aromatic rings. The van der Waals surface area contributed by atoms with Gasteiger partial charge in [0.25, 0.3) is 0 Å². The van der Waals surface area contributed by atoms with Crippen molar-refractivity contribution in [2.24, 2.45) is 0 Å². The predicted octanol–water partition coefficient (Wildman–Crippen LogP) is 0.824. The number of hydrogen-bond donors (Lipinski definition) is 4. The predicted molar refractivity (Wildman–Crippen MR) is 110 cm³/mol. The van der Waals surface area contributed by atoms with Crippen LogP contribution in [0.2, 0.25) is 0 Å². The van der Waals surface area contributed by atoms with Crippen LogP contribution < -0.4 is 9.80 Å². The molecule has 164 valence electrons. The van der Waals surface area contributed by atoms with Crippen LogP contribution in [0.5, 0.6) is 5.75 Å². The van der Waals surface area contributed by atoms with Gasteiger partial charge in [-0.1, -0.05) is 24.3 Å². The van der Waals surface area contributed by atoms with Crippen molar-refractivity contribution in [3.05, 3.63) is 71.4 Å². The molecule has 1 fully saturated rings. The molecule has 2 heterocycles. The Kier molecular flexibility index (Phi) is 6.13. The molecule has 0 bridgehead atoms. The van der Waals surface area contributed by atoms with Gasteiger partial charge in [0.05, 0.1) is 17.7 Å². The van der Waals surface area contributed by atoms with Gasteiger partial charge in [-0.3, -0.25) is 4.98 Å². The minimum Gasteiger partial charge on any atom is -0.505 e. The van der Waals surface area contributed by atoms with Crippen LogP contribution in [-0.4, -0.2) is 54.5 Å². The molecule has 0 spiro atoms. The number of fused-ring (bicyclic) bond motifs is 1. The van der Waals surface area contributed by atoms with Crippen LogP contribution in [0.3, 0.4) is 0 Å². The number of phenols is 1. The van der Waals surface area contributed by atoms with Gasteiger partial charge < -0.3 is 20.0 Å². The standard InChI is InChI=1S/C23H24F3N3O2/c24-23(25,26)18-6-3-17(4-7-18)21(29-12-10-28(11-13-29)14-15-30)19-8-5-16-2-1-9-27-20(16)22(19)31/h1-9,21,30-31H,10-15H2/p+2/t21-/m1/s1. The monoisotopic (exact) mass is 433 g/mol. The van der Waals surface area contributed by atoms with Gasteiger partial charge in [0.2, 0.25) is 0 Å². The first kappa shape index (κ1) is 21.5. The Balaban J connectivity index is 1.74. The summed E-state index contributed by atoms with van der Waals surface area (Å²) < 4.78 is 39.2. The van der Waals surface area contributed by atoms with Gasteiger partial charge in [-0.15, -0.1) is 0 Å². The second kappa shape index (κ2) is 8.82. The van der Waals surface area contributed by atoms with Gasteiger partial charge in [-0.05, 0) is 24.3 Å².